The van der Waals surface area contributed by atoms with Crippen molar-refractivity contribution < 1.29 is 9.53 Å². The van der Waals surface area contributed by atoms with E-state index in [-0.39, 0.29) is 23.2 Å². The Morgan fingerprint density at radius 1 is 1.29 bits per heavy atom. The smallest absolute Gasteiger partial charge is 0.193 e. The van der Waals surface area contributed by atoms with Gasteiger partial charge in [-0.05, 0) is 43.3 Å². The zero-order valence-electron chi connectivity index (χ0n) is 14.5. The summed E-state index contributed by atoms with van der Waals surface area (Å²) in [5, 5.41) is 9.31. The molecule has 0 aromatic heterocycles. The molecule has 2 aliphatic carbocycles. The standard InChI is InChI=1S/C18H32O2Si/c1-17(2,3)21(4,5)20-16(8-6-13-19)18(11-7-12-18)14-15-9-10-15/h15-16,19H,7,9-14H2,1-5H3. The van der Waals surface area contributed by atoms with E-state index in [4.69, 9.17) is 9.53 Å². The minimum atomic E-state index is -1.82. The van der Waals surface area contributed by atoms with Crippen molar-refractivity contribution >= 4 is 8.32 Å². The van der Waals surface area contributed by atoms with E-state index in [0.717, 1.165) is 5.92 Å². The SMILES string of the molecule is CC(C)(C)[Si](C)(C)OC(C#CCO)C1(CC2CC2)CCC1. The Morgan fingerprint density at radius 3 is 2.29 bits per heavy atom. The summed E-state index contributed by atoms with van der Waals surface area (Å²) in [5.41, 5.74) is 0.277. The highest BCUT2D eigenvalue weighted by atomic mass is 28.4. The molecule has 0 bridgehead atoms. The summed E-state index contributed by atoms with van der Waals surface area (Å²) in [4.78, 5) is 0. The van der Waals surface area contributed by atoms with Crippen molar-refractivity contribution in [3.05, 3.63) is 0 Å². The summed E-state index contributed by atoms with van der Waals surface area (Å²) < 4.78 is 6.69. The molecule has 0 aromatic carbocycles. The van der Waals surface area contributed by atoms with Crippen LogP contribution >= 0.6 is 0 Å². The molecule has 2 rings (SSSR count). The molecule has 0 heterocycles. The molecular formula is C18H32O2Si. The van der Waals surface area contributed by atoms with Crippen molar-refractivity contribution in [1.82, 2.24) is 0 Å². The fourth-order valence-electron chi connectivity index (χ4n) is 3.02. The molecule has 21 heavy (non-hydrogen) atoms. The second kappa shape index (κ2) is 6.06. The van der Waals surface area contributed by atoms with Crippen LogP contribution in [0.1, 0.15) is 59.3 Å². The van der Waals surface area contributed by atoms with Crippen molar-refractivity contribution in [1.29, 1.82) is 0 Å². The van der Waals surface area contributed by atoms with E-state index < -0.39 is 8.32 Å². The molecule has 0 saturated heterocycles. The molecular weight excluding hydrogens is 276 g/mol. The van der Waals surface area contributed by atoms with Crippen molar-refractivity contribution in [2.45, 2.75) is 83.5 Å². The molecule has 0 aromatic rings. The highest BCUT2D eigenvalue weighted by Crippen LogP contribution is 2.55. The fraction of sp³-hybridized carbons (Fsp3) is 0.889. The van der Waals surface area contributed by atoms with Gasteiger partial charge >= 0.3 is 0 Å². The lowest BCUT2D eigenvalue weighted by Gasteiger charge is -2.50. The first kappa shape index (κ1) is 17.1. The number of rotatable bonds is 5. The average molecular weight is 309 g/mol. The normalized spacial score (nSPS) is 23.0. The lowest BCUT2D eigenvalue weighted by Crippen LogP contribution is -2.51. The Hall–Kier alpha value is -0.303. The van der Waals surface area contributed by atoms with E-state index in [0.29, 0.717) is 0 Å². The highest BCUT2D eigenvalue weighted by Gasteiger charge is 2.50. The fourth-order valence-corrected chi connectivity index (χ4v) is 4.27. The summed E-state index contributed by atoms with van der Waals surface area (Å²) >= 11 is 0. The van der Waals surface area contributed by atoms with Gasteiger partial charge < -0.3 is 9.53 Å². The van der Waals surface area contributed by atoms with Crippen molar-refractivity contribution in [2.75, 3.05) is 6.61 Å². The van der Waals surface area contributed by atoms with Crippen LogP contribution in [0.15, 0.2) is 0 Å². The van der Waals surface area contributed by atoms with Crippen molar-refractivity contribution in [2.24, 2.45) is 11.3 Å². The molecule has 2 nitrogen and oxygen atoms in total. The molecule has 120 valence electrons. The maximum Gasteiger partial charge on any atom is 0.193 e. The van der Waals surface area contributed by atoms with Crippen molar-refractivity contribution in [3.63, 3.8) is 0 Å². The Balaban J connectivity index is 2.17. The van der Waals surface area contributed by atoms with Crippen molar-refractivity contribution in [3.8, 4) is 11.8 Å². The Kier molecular flexibility index (Phi) is 4.93. The van der Waals surface area contributed by atoms with Gasteiger partial charge in [0.15, 0.2) is 8.32 Å². The van der Waals surface area contributed by atoms with Gasteiger partial charge in [0.1, 0.15) is 12.7 Å². The van der Waals surface area contributed by atoms with Gasteiger partial charge in [0, 0.05) is 5.41 Å². The van der Waals surface area contributed by atoms with Crippen LogP contribution in [0.25, 0.3) is 0 Å². The maximum absolute atomic E-state index is 9.11. The molecule has 1 N–H and O–H groups in total. The predicted octanol–water partition coefficient (Wildman–Crippen LogP) is 4.34. The summed E-state index contributed by atoms with van der Waals surface area (Å²) in [6, 6.07) is 0. The van der Waals surface area contributed by atoms with Gasteiger partial charge in [-0.3, -0.25) is 0 Å². The minimum absolute atomic E-state index is 0.0277. The third-order valence-electron chi connectivity index (χ3n) is 5.83. The first-order chi connectivity index (χ1) is 9.70. The lowest BCUT2D eigenvalue weighted by atomic mass is 9.62. The monoisotopic (exact) mass is 308 g/mol. The van der Waals surface area contributed by atoms with E-state index in [1.807, 2.05) is 0 Å². The Bertz CT molecular complexity index is 417. The lowest BCUT2D eigenvalue weighted by molar-refractivity contribution is -0.00417. The second-order valence-electron chi connectivity index (χ2n) is 8.60. The van der Waals surface area contributed by atoms with Gasteiger partial charge in [0.2, 0.25) is 0 Å². The zero-order chi connectivity index (χ0) is 15.7. The number of hydrogen-bond donors (Lipinski definition) is 1. The van der Waals surface area contributed by atoms with Crippen LogP contribution in [0.3, 0.4) is 0 Å². The van der Waals surface area contributed by atoms with E-state index in [1.165, 1.54) is 38.5 Å². The van der Waals surface area contributed by atoms with Crippen LogP contribution in [0.5, 0.6) is 0 Å². The molecule has 1 atom stereocenters. The van der Waals surface area contributed by atoms with Gasteiger partial charge in [-0.15, -0.1) is 0 Å². The molecule has 3 heteroatoms. The summed E-state index contributed by atoms with van der Waals surface area (Å²) in [5.74, 6) is 7.09. The third kappa shape index (κ3) is 3.91. The van der Waals surface area contributed by atoms with Gasteiger partial charge in [-0.1, -0.05) is 51.9 Å². The summed E-state index contributed by atoms with van der Waals surface area (Å²) in [6.07, 6.45) is 7.91. The molecule has 0 amide bonds. The molecule has 2 fully saturated rings. The van der Waals surface area contributed by atoms with E-state index in [1.54, 1.807) is 0 Å². The quantitative estimate of drug-likeness (QED) is 0.604. The van der Waals surface area contributed by atoms with Gasteiger partial charge in [-0.25, -0.2) is 0 Å². The van der Waals surface area contributed by atoms with Crippen LogP contribution in [0, 0.1) is 23.2 Å². The van der Waals surface area contributed by atoms with Crippen LogP contribution in [-0.4, -0.2) is 26.1 Å². The largest absolute Gasteiger partial charge is 0.403 e. The number of hydrogen-bond acceptors (Lipinski definition) is 2. The number of aliphatic hydroxyl groups is 1. The Labute approximate surface area is 131 Å². The second-order valence-corrected chi connectivity index (χ2v) is 13.4. The van der Waals surface area contributed by atoms with Crippen LogP contribution in [0.4, 0.5) is 0 Å². The van der Waals surface area contributed by atoms with E-state index in [2.05, 4.69) is 45.7 Å². The maximum atomic E-state index is 9.11. The molecule has 2 saturated carbocycles. The predicted molar refractivity (Wildman–Crippen MR) is 90.6 cm³/mol. The van der Waals surface area contributed by atoms with Crippen LogP contribution in [-0.2, 0) is 4.43 Å². The third-order valence-corrected chi connectivity index (χ3v) is 10.3. The average Bonchev–Trinajstić information content (AvgIpc) is 3.11. The molecule has 0 aliphatic heterocycles. The zero-order valence-corrected chi connectivity index (χ0v) is 15.5. The molecule has 2 aliphatic rings. The summed E-state index contributed by atoms with van der Waals surface area (Å²) in [6.45, 7) is 11.4. The van der Waals surface area contributed by atoms with Gasteiger partial charge in [0.25, 0.3) is 0 Å². The number of aliphatic hydroxyl groups excluding tert-OH is 1. The van der Waals surface area contributed by atoms with Crippen LogP contribution in [0.2, 0.25) is 18.1 Å². The molecule has 0 radical (unpaired) electrons. The molecule has 0 spiro atoms. The topological polar surface area (TPSA) is 29.5 Å². The first-order valence-corrected chi connectivity index (χ1v) is 11.4. The molecule has 1 unspecified atom stereocenters. The van der Waals surface area contributed by atoms with E-state index in [9.17, 15) is 0 Å². The van der Waals surface area contributed by atoms with Gasteiger partial charge in [-0.2, -0.15) is 0 Å². The highest BCUT2D eigenvalue weighted by molar-refractivity contribution is 6.74. The van der Waals surface area contributed by atoms with Crippen LogP contribution < -0.4 is 0 Å². The Morgan fingerprint density at radius 2 is 1.90 bits per heavy atom. The van der Waals surface area contributed by atoms with Gasteiger partial charge in [0.05, 0.1) is 0 Å². The summed E-state index contributed by atoms with van der Waals surface area (Å²) in [7, 11) is -1.82. The minimum Gasteiger partial charge on any atom is -0.403 e. The van der Waals surface area contributed by atoms with E-state index >= 15 is 0 Å². The first-order valence-electron chi connectivity index (χ1n) is 8.47.